The molecule has 0 saturated carbocycles. The lowest BCUT2D eigenvalue weighted by atomic mass is 10.1. The van der Waals surface area contributed by atoms with Crippen LogP contribution < -0.4 is 24.2 Å². The summed E-state index contributed by atoms with van der Waals surface area (Å²) in [6, 6.07) is 13.6. The predicted octanol–water partition coefficient (Wildman–Crippen LogP) is 3.09. The summed E-state index contributed by atoms with van der Waals surface area (Å²) in [5.74, 6) is 0.244. The molecule has 1 aromatic heterocycles. The normalized spacial score (nSPS) is 14.9. The number of nitrogens with one attached hydrogen (secondary N) is 2. The maximum absolute atomic E-state index is 15.1. The highest BCUT2D eigenvalue weighted by Crippen LogP contribution is 2.38. The largest absolute Gasteiger partial charge is 0.595 e. The number of hydrogen-bond acceptors (Lipinski definition) is 10. The summed E-state index contributed by atoms with van der Waals surface area (Å²) in [6.45, 7) is 4.28. The van der Waals surface area contributed by atoms with Crippen LogP contribution in [0.5, 0.6) is 23.0 Å². The second kappa shape index (κ2) is 12.9. The summed E-state index contributed by atoms with van der Waals surface area (Å²) < 4.78 is 65.7. The van der Waals surface area contributed by atoms with Gasteiger partial charge in [0.15, 0.2) is 33.6 Å². The number of fused-ring (bicyclic) bond motifs is 1. The van der Waals surface area contributed by atoms with Crippen molar-refractivity contribution in [3.63, 3.8) is 0 Å². The van der Waals surface area contributed by atoms with E-state index in [-0.39, 0.29) is 11.4 Å². The van der Waals surface area contributed by atoms with Crippen LogP contribution in [0.3, 0.4) is 0 Å². The standard InChI is InChI=1S/C28H29FN4O8S/c1-38-26-17-20-22(18-27(26)40-15-12-32-10-13-39-14-11-32)30-9-8-24(20)41-25-7-6-19(16-21(25)29)31-42(36,37)28-5-3-2-4-23(28)33(34)35/h2-9,16-18,31,33-34H,10-15H2,1H3. The van der Waals surface area contributed by atoms with E-state index in [1.165, 1.54) is 43.6 Å². The van der Waals surface area contributed by atoms with Gasteiger partial charge in [-0.15, -0.1) is 0 Å². The average molecular weight is 601 g/mol. The molecule has 1 aliphatic heterocycles. The molecule has 0 spiro atoms. The minimum atomic E-state index is -4.31. The maximum atomic E-state index is 15.1. The van der Waals surface area contributed by atoms with Gasteiger partial charge >= 0.3 is 0 Å². The summed E-state index contributed by atoms with van der Waals surface area (Å²) in [7, 11) is -2.80. The Labute approximate surface area is 241 Å². The molecule has 0 bridgehead atoms. The molecule has 1 fully saturated rings. The molecular formula is C28H29FN4O8S. The number of benzene rings is 3. The van der Waals surface area contributed by atoms with Gasteiger partial charge in [-0.2, -0.15) is 5.23 Å². The number of pyridine rings is 1. The first kappa shape index (κ1) is 29.4. The minimum Gasteiger partial charge on any atom is -0.595 e. The van der Waals surface area contributed by atoms with Crippen LogP contribution in [-0.2, 0) is 14.8 Å². The maximum Gasteiger partial charge on any atom is 0.267 e. The lowest BCUT2D eigenvalue weighted by Crippen LogP contribution is -2.99. The molecule has 5 rings (SSSR count). The fourth-order valence-electron chi connectivity index (χ4n) is 4.45. The van der Waals surface area contributed by atoms with Gasteiger partial charge in [-0.1, -0.05) is 12.1 Å². The van der Waals surface area contributed by atoms with Crippen LogP contribution in [0.1, 0.15) is 0 Å². The third-order valence-electron chi connectivity index (χ3n) is 6.57. The Hall–Kier alpha value is -4.05. The van der Waals surface area contributed by atoms with Crippen LogP contribution in [0.2, 0.25) is 0 Å². The van der Waals surface area contributed by atoms with Gasteiger partial charge in [0.25, 0.3) is 10.0 Å². The topological polar surface area (TPSA) is 147 Å². The van der Waals surface area contributed by atoms with E-state index in [1.54, 1.807) is 18.2 Å². The first-order chi connectivity index (χ1) is 20.2. The van der Waals surface area contributed by atoms with E-state index < -0.39 is 31.6 Å². The molecule has 1 atom stereocenters. The highest BCUT2D eigenvalue weighted by Gasteiger charge is 2.23. The molecule has 4 aromatic rings. The molecule has 2 heterocycles. The van der Waals surface area contributed by atoms with Gasteiger partial charge < -0.3 is 24.2 Å². The lowest BCUT2D eigenvalue weighted by molar-refractivity contribution is -0.992. The van der Waals surface area contributed by atoms with Crippen molar-refractivity contribution in [3.05, 3.63) is 77.9 Å². The number of aromatic nitrogens is 1. The van der Waals surface area contributed by atoms with Gasteiger partial charge in [0, 0.05) is 49.4 Å². The first-order valence-corrected chi connectivity index (χ1v) is 14.5. The third-order valence-corrected chi connectivity index (χ3v) is 8.01. The van der Waals surface area contributed by atoms with Crippen molar-refractivity contribution >= 4 is 32.3 Å². The highest BCUT2D eigenvalue weighted by molar-refractivity contribution is 7.92. The van der Waals surface area contributed by atoms with Crippen LogP contribution in [-0.4, -0.2) is 70.1 Å². The van der Waals surface area contributed by atoms with Crippen molar-refractivity contribution in [1.29, 1.82) is 0 Å². The Morgan fingerprint density at radius 3 is 2.60 bits per heavy atom. The Kier molecular flexibility index (Phi) is 9.01. The van der Waals surface area contributed by atoms with E-state index in [0.29, 0.717) is 48.0 Å². The zero-order valence-corrected chi connectivity index (χ0v) is 23.4. The molecule has 222 valence electrons. The molecule has 0 amide bonds. The summed E-state index contributed by atoms with van der Waals surface area (Å²) >= 11 is 0. The molecule has 1 unspecified atom stereocenters. The van der Waals surface area contributed by atoms with Gasteiger partial charge in [0.2, 0.25) is 0 Å². The zero-order valence-electron chi connectivity index (χ0n) is 22.6. The number of rotatable bonds is 11. The van der Waals surface area contributed by atoms with Crippen LogP contribution in [0.25, 0.3) is 10.9 Å². The van der Waals surface area contributed by atoms with Crippen LogP contribution in [0.15, 0.2) is 71.8 Å². The van der Waals surface area contributed by atoms with Crippen LogP contribution in [0, 0.1) is 11.0 Å². The van der Waals surface area contributed by atoms with E-state index in [2.05, 4.69) is 14.6 Å². The number of halogens is 1. The van der Waals surface area contributed by atoms with Crippen LogP contribution >= 0.6 is 0 Å². The number of ether oxygens (including phenoxy) is 4. The SMILES string of the molecule is COc1cc2c(Oc3ccc(NS(=O)(=O)c4ccccc4[NH+]([O-])O)cc3F)ccnc2cc1OCCN1CCOCC1. The van der Waals surface area contributed by atoms with Crippen molar-refractivity contribution in [3.8, 4) is 23.0 Å². The van der Waals surface area contributed by atoms with E-state index in [0.717, 1.165) is 31.8 Å². The van der Waals surface area contributed by atoms with Gasteiger partial charge in [0.1, 0.15) is 12.4 Å². The van der Waals surface area contributed by atoms with Gasteiger partial charge in [-0.3, -0.25) is 14.6 Å². The monoisotopic (exact) mass is 600 g/mol. The van der Waals surface area contributed by atoms with Crippen LogP contribution in [0.4, 0.5) is 15.8 Å². The van der Waals surface area contributed by atoms with Gasteiger partial charge in [-0.25, -0.2) is 18.0 Å². The Morgan fingerprint density at radius 1 is 1.07 bits per heavy atom. The molecule has 14 heteroatoms. The third kappa shape index (κ3) is 6.70. The highest BCUT2D eigenvalue weighted by atomic mass is 32.2. The quantitative estimate of drug-likeness (QED) is 0.220. The van der Waals surface area contributed by atoms with Gasteiger partial charge in [-0.05, 0) is 30.3 Å². The lowest BCUT2D eigenvalue weighted by Gasteiger charge is -2.26. The van der Waals surface area contributed by atoms with Crippen molar-refractivity contribution in [2.75, 3.05) is 51.3 Å². The fraction of sp³-hybridized carbons (Fsp3) is 0.250. The molecule has 3 N–H and O–H groups in total. The summed E-state index contributed by atoms with van der Waals surface area (Å²) in [5, 5.41) is 19.9. The Morgan fingerprint density at radius 2 is 1.86 bits per heavy atom. The van der Waals surface area contributed by atoms with Crippen molar-refractivity contribution in [2.24, 2.45) is 0 Å². The van der Waals surface area contributed by atoms with Crippen molar-refractivity contribution in [2.45, 2.75) is 4.90 Å². The van der Waals surface area contributed by atoms with Gasteiger partial charge in [0.05, 0.1) is 31.5 Å². The fourth-order valence-corrected chi connectivity index (χ4v) is 5.70. The molecule has 42 heavy (non-hydrogen) atoms. The van der Waals surface area contributed by atoms with E-state index >= 15 is 4.39 Å². The second-order valence-corrected chi connectivity index (χ2v) is 10.9. The molecular weight excluding hydrogens is 571 g/mol. The van der Waals surface area contributed by atoms with E-state index in [9.17, 15) is 18.8 Å². The minimum absolute atomic E-state index is 0.111. The first-order valence-electron chi connectivity index (χ1n) is 13.0. The Bertz CT molecular complexity index is 1670. The summed E-state index contributed by atoms with van der Waals surface area (Å²) in [6.07, 6.45) is 1.52. The number of methoxy groups -OCH3 is 1. The Balaban J connectivity index is 1.33. The number of morpholine rings is 1. The summed E-state index contributed by atoms with van der Waals surface area (Å²) in [4.78, 5) is 6.19. The molecule has 12 nitrogen and oxygen atoms in total. The predicted molar refractivity (Wildman–Crippen MR) is 151 cm³/mol. The zero-order chi connectivity index (χ0) is 29.7. The van der Waals surface area contributed by atoms with E-state index in [1.807, 2.05) is 0 Å². The number of anilines is 1. The number of sulfonamides is 1. The van der Waals surface area contributed by atoms with E-state index in [4.69, 9.17) is 18.9 Å². The molecule has 0 aliphatic carbocycles. The molecule has 0 radical (unpaired) electrons. The van der Waals surface area contributed by atoms with Crippen molar-refractivity contribution in [1.82, 2.24) is 9.88 Å². The number of hydrogen-bond donors (Lipinski definition) is 3. The molecule has 1 saturated heterocycles. The number of quaternary nitrogens is 1. The van der Waals surface area contributed by atoms with Crippen molar-refractivity contribution < 1.29 is 42.2 Å². The average Bonchev–Trinajstić information content (AvgIpc) is 2.98. The molecule has 3 aromatic carbocycles. The number of para-hydroxylation sites is 1. The summed E-state index contributed by atoms with van der Waals surface area (Å²) in [5.41, 5.74) is 0.0211. The second-order valence-electron chi connectivity index (χ2n) is 9.29. The smallest absolute Gasteiger partial charge is 0.267 e. The number of nitrogens with zero attached hydrogens (tertiary/aromatic N) is 2. The molecule has 1 aliphatic rings.